The number of nitrogens with zero attached hydrogens (tertiary/aromatic N) is 2. The van der Waals surface area contributed by atoms with E-state index < -0.39 is 17.2 Å². The predicted octanol–water partition coefficient (Wildman–Crippen LogP) is 4.69. The summed E-state index contributed by atoms with van der Waals surface area (Å²) >= 11 is 2.48. The number of hydrogen-bond acceptors (Lipinski definition) is 8. The smallest absolute Gasteiger partial charge is 0.325 e. The molecule has 0 radical (unpaired) electrons. The van der Waals surface area contributed by atoms with Crippen molar-refractivity contribution in [1.29, 1.82) is 0 Å². The third kappa shape index (κ3) is 7.29. The van der Waals surface area contributed by atoms with Gasteiger partial charge in [0.1, 0.15) is 0 Å². The van der Waals surface area contributed by atoms with Gasteiger partial charge in [-0.25, -0.2) is 4.79 Å². The van der Waals surface area contributed by atoms with Crippen molar-refractivity contribution >= 4 is 63.1 Å². The molecule has 0 fully saturated rings. The van der Waals surface area contributed by atoms with Crippen LogP contribution in [0, 0.1) is 13.8 Å². The first-order valence-electron chi connectivity index (χ1n) is 10.0. The number of anilines is 4. The van der Waals surface area contributed by atoms with Crippen LogP contribution in [0.3, 0.4) is 0 Å². The summed E-state index contributed by atoms with van der Waals surface area (Å²) in [5.41, 5.74) is 4.05. The Bertz CT molecular complexity index is 1180. The number of imide groups is 1. The molecule has 0 spiro atoms. The van der Waals surface area contributed by atoms with Crippen LogP contribution in [0.2, 0.25) is 0 Å². The average Bonchev–Trinajstić information content (AvgIpc) is 3.16. The van der Waals surface area contributed by atoms with Crippen molar-refractivity contribution in [2.45, 2.75) is 37.3 Å². The van der Waals surface area contributed by atoms with Gasteiger partial charge in [-0.05, 0) is 50.6 Å². The van der Waals surface area contributed by atoms with Gasteiger partial charge >= 0.3 is 6.03 Å². The lowest BCUT2D eigenvalue weighted by atomic mass is 10.1. The summed E-state index contributed by atoms with van der Waals surface area (Å²) < 4.78 is 0.577. The van der Waals surface area contributed by atoms with Gasteiger partial charge in [-0.3, -0.25) is 14.9 Å². The van der Waals surface area contributed by atoms with Gasteiger partial charge in [-0.1, -0.05) is 46.9 Å². The molecule has 3 rings (SSSR count). The number of aromatic nitrogens is 2. The SMILES string of the molecule is CC(=O)Nc1cccc(Nc2nnc(SC(C)C(=O)NC(=O)Nc3ccc(C)cc3C)s2)c1. The molecule has 4 N–H and O–H groups in total. The zero-order valence-corrected chi connectivity index (χ0v) is 20.2. The summed E-state index contributed by atoms with van der Waals surface area (Å²) in [6.45, 7) is 6.99. The van der Waals surface area contributed by atoms with Gasteiger partial charge in [-0.15, -0.1) is 10.2 Å². The highest BCUT2D eigenvalue weighted by Crippen LogP contribution is 2.31. The number of urea groups is 1. The lowest BCUT2D eigenvalue weighted by molar-refractivity contribution is -0.119. The molecular weight excluding hydrogens is 460 g/mol. The fourth-order valence-corrected chi connectivity index (χ4v) is 4.75. The summed E-state index contributed by atoms with van der Waals surface area (Å²) in [4.78, 5) is 35.8. The maximum Gasteiger partial charge on any atom is 0.325 e. The fraction of sp³-hybridized carbons (Fsp3) is 0.227. The number of hydrogen-bond donors (Lipinski definition) is 4. The molecule has 0 aliphatic rings. The molecule has 11 heteroatoms. The van der Waals surface area contributed by atoms with E-state index >= 15 is 0 Å². The molecule has 1 heterocycles. The van der Waals surface area contributed by atoms with Crippen LogP contribution in [0.1, 0.15) is 25.0 Å². The Hall–Kier alpha value is -3.44. The third-order valence-corrected chi connectivity index (χ3v) is 6.38. The van der Waals surface area contributed by atoms with Crippen molar-refractivity contribution in [3.05, 3.63) is 53.6 Å². The Morgan fingerprint density at radius 3 is 2.48 bits per heavy atom. The summed E-state index contributed by atoms with van der Waals surface area (Å²) in [6, 6.07) is 12.3. The first-order valence-corrected chi connectivity index (χ1v) is 11.7. The molecule has 0 saturated carbocycles. The van der Waals surface area contributed by atoms with Gasteiger partial charge in [0, 0.05) is 24.0 Å². The number of carbonyl (C=O) groups excluding carboxylic acids is 3. The van der Waals surface area contributed by atoms with Crippen molar-refractivity contribution in [2.24, 2.45) is 0 Å². The monoisotopic (exact) mass is 484 g/mol. The van der Waals surface area contributed by atoms with Gasteiger partial charge < -0.3 is 16.0 Å². The topological polar surface area (TPSA) is 125 Å². The van der Waals surface area contributed by atoms with E-state index in [0.717, 1.165) is 16.8 Å². The Labute approximate surface area is 199 Å². The molecular formula is C22H24N6O3S2. The fourth-order valence-electron chi connectivity index (χ4n) is 2.84. The Balaban J connectivity index is 1.53. The molecule has 2 aromatic carbocycles. The van der Waals surface area contributed by atoms with Gasteiger partial charge in [0.15, 0.2) is 4.34 Å². The first kappa shape index (κ1) is 24.2. The van der Waals surface area contributed by atoms with E-state index in [1.165, 1.54) is 30.0 Å². The lowest BCUT2D eigenvalue weighted by Gasteiger charge is -2.12. The third-order valence-electron chi connectivity index (χ3n) is 4.35. The largest absolute Gasteiger partial charge is 0.330 e. The predicted molar refractivity (Wildman–Crippen MR) is 132 cm³/mol. The highest BCUT2D eigenvalue weighted by atomic mass is 32.2. The average molecular weight is 485 g/mol. The Kier molecular flexibility index (Phi) is 8.01. The first-order chi connectivity index (χ1) is 15.7. The summed E-state index contributed by atoms with van der Waals surface area (Å²) in [5.74, 6) is -0.591. The molecule has 0 aliphatic carbocycles. The maximum absolute atomic E-state index is 12.4. The molecule has 9 nitrogen and oxygen atoms in total. The van der Waals surface area contributed by atoms with E-state index in [1.807, 2.05) is 32.0 Å². The minimum atomic E-state index is -0.585. The molecule has 0 bridgehead atoms. The van der Waals surface area contributed by atoms with Gasteiger partial charge in [0.05, 0.1) is 5.25 Å². The van der Waals surface area contributed by atoms with Crippen molar-refractivity contribution in [2.75, 3.05) is 16.0 Å². The van der Waals surface area contributed by atoms with Crippen LogP contribution in [0.15, 0.2) is 46.8 Å². The van der Waals surface area contributed by atoms with Crippen molar-refractivity contribution in [3.63, 3.8) is 0 Å². The van der Waals surface area contributed by atoms with E-state index in [4.69, 9.17) is 0 Å². The molecule has 1 atom stereocenters. The molecule has 172 valence electrons. The number of carbonyl (C=O) groups is 3. The van der Waals surface area contributed by atoms with Crippen LogP contribution in [0.5, 0.6) is 0 Å². The quantitative estimate of drug-likeness (QED) is 0.359. The summed E-state index contributed by atoms with van der Waals surface area (Å²) in [5, 5.41) is 19.1. The van der Waals surface area contributed by atoms with Gasteiger partial charge in [-0.2, -0.15) is 0 Å². The summed E-state index contributed by atoms with van der Waals surface area (Å²) in [7, 11) is 0. The Morgan fingerprint density at radius 1 is 1.00 bits per heavy atom. The second kappa shape index (κ2) is 10.9. The van der Waals surface area contributed by atoms with Crippen LogP contribution in [0.25, 0.3) is 0 Å². The van der Waals surface area contributed by atoms with Crippen molar-refractivity contribution < 1.29 is 14.4 Å². The number of amides is 4. The molecule has 0 saturated heterocycles. The van der Waals surface area contributed by atoms with Crippen molar-refractivity contribution in [3.8, 4) is 0 Å². The number of nitrogens with one attached hydrogen (secondary N) is 4. The van der Waals surface area contributed by atoms with Crippen LogP contribution in [-0.4, -0.2) is 33.3 Å². The number of rotatable bonds is 7. The second-order valence-corrected chi connectivity index (χ2v) is 9.85. The van der Waals surface area contributed by atoms with Crippen LogP contribution in [-0.2, 0) is 9.59 Å². The van der Waals surface area contributed by atoms with Crippen LogP contribution >= 0.6 is 23.1 Å². The van der Waals surface area contributed by atoms with E-state index in [2.05, 4.69) is 31.5 Å². The zero-order chi connectivity index (χ0) is 24.0. The molecule has 1 unspecified atom stereocenters. The molecule has 4 amide bonds. The zero-order valence-electron chi connectivity index (χ0n) is 18.6. The maximum atomic E-state index is 12.4. The molecule has 0 aliphatic heterocycles. The number of thioether (sulfide) groups is 1. The van der Waals surface area contributed by atoms with Crippen molar-refractivity contribution in [1.82, 2.24) is 15.5 Å². The van der Waals surface area contributed by atoms with E-state index in [9.17, 15) is 14.4 Å². The van der Waals surface area contributed by atoms with E-state index in [1.54, 1.807) is 31.2 Å². The van der Waals surface area contributed by atoms with E-state index in [-0.39, 0.29) is 5.91 Å². The van der Waals surface area contributed by atoms with E-state index in [0.29, 0.717) is 20.8 Å². The number of aryl methyl sites for hydroxylation is 2. The highest BCUT2D eigenvalue weighted by Gasteiger charge is 2.20. The summed E-state index contributed by atoms with van der Waals surface area (Å²) in [6.07, 6.45) is 0. The lowest BCUT2D eigenvalue weighted by Crippen LogP contribution is -2.39. The molecule has 3 aromatic rings. The minimum absolute atomic E-state index is 0.156. The highest BCUT2D eigenvalue weighted by molar-refractivity contribution is 8.02. The molecule has 1 aromatic heterocycles. The number of benzene rings is 2. The molecule has 33 heavy (non-hydrogen) atoms. The normalized spacial score (nSPS) is 11.4. The van der Waals surface area contributed by atoms with Crippen LogP contribution < -0.4 is 21.3 Å². The second-order valence-electron chi connectivity index (χ2n) is 7.28. The minimum Gasteiger partial charge on any atom is -0.330 e. The Morgan fingerprint density at radius 2 is 1.76 bits per heavy atom. The van der Waals surface area contributed by atoms with Crippen LogP contribution in [0.4, 0.5) is 27.0 Å². The van der Waals surface area contributed by atoms with Gasteiger partial charge in [0.2, 0.25) is 16.9 Å². The standard InChI is InChI=1S/C22H24N6O3S2/c1-12-8-9-18(13(2)10-12)25-20(31)26-19(30)14(3)32-22-28-27-21(33-22)24-17-7-5-6-16(11-17)23-15(4)29/h5-11,14H,1-4H3,(H,23,29)(H,24,27)(H2,25,26,30,31). The van der Waals surface area contributed by atoms with Gasteiger partial charge in [0.25, 0.3) is 0 Å².